The molecule has 0 bridgehead atoms. The highest BCUT2D eigenvalue weighted by molar-refractivity contribution is 9.08. The molecule has 1 nitrogen and oxygen atoms in total. The molecule has 0 spiro atoms. The molecule has 1 aromatic carbocycles. The fourth-order valence-electron chi connectivity index (χ4n) is 1.13. The van der Waals surface area contributed by atoms with Gasteiger partial charge in [-0.05, 0) is 25.5 Å². The smallest absolute Gasteiger partial charge is 0.142 e. The van der Waals surface area contributed by atoms with Crippen LogP contribution in [0.1, 0.15) is 25.8 Å². The second kappa shape index (κ2) is 5.97. The van der Waals surface area contributed by atoms with Gasteiger partial charge >= 0.3 is 0 Å². The summed E-state index contributed by atoms with van der Waals surface area (Å²) in [5.41, 5.74) is 0.979. The third kappa shape index (κ3) is 3.54. The Bertz CT molecular complexity index is 342. The van der Waals surface area contributed by atoms with Gasteiger partial charge in [0.15, 0.2) is 0 Å². The van der Waals surface area contributed by atoms with Crippen LogP contribution < -0.4 is 4.74 Å². The van der Waals surface area contributed by atoms with E-state index in [4.69, 9.17) is 27.9 Å². The van der Waals surface area contributed by atoms with E-state index in [0.29, 0.717) is 15.4 Å². The molecule has 0 radical (unpaired) electrons. The highest BCUT2D eigenvalue weighted by Gasteiger charge is 2.12. The van der Waals surface area contributed by atoms with E-state index in [9.17, 15) is 0 Å². The third-order valence-electron chi connectivity index (χ3n) is 2.12. The van der Waals surface area contributed by atoms with Gasteiger partial charge in [-0.3, -0.25) is 0 Å². The Morgan fingerprint density at radius 2 is 2.07 bits per heavy atom. The zero-order valence-corrected chi connectivity index (χ0v) is 11.8. The number of benzene rings is 1. The zero-order chi connectivity index (χ0) is 11.4. The van der Waals surface area contributed by atoms with Crippen molar-refractivity contribution in [1.29, 1.82) is 0 Å². The highest BCUT2D eigenvalue weighted by atomic mass is 79.9. The molecule has 84 valence electrons. The SMILES string of the molecule is CCC(C)Oc1c(Cl)cc(Cl)cc1CBr. The summed E-state index contributed by atoms with van der Waals surface area (Å²) in [4.78, 5) is 0. The zero-order valence-electron chi connectivity index (χ0n) is 8.69. The van der Waals surface area contributed by atoms with Crippen molar-refractivity contribution >= 4 is 39.1 Å². The lowest BCUT2D eigenvalue weighted by Gasteiger charge is -2.17. The van der Waals surface area contributed by atoms with Crippen LogP contribution >= 0.6 is 39.1 Å². The van der Waals surface area contributed by atoms with E-state index >= 15 is 0 Å². The molecule has 1 atom stereocenters. The minimum atomic E-state index is 0.154. The first-order chi connectivity index (χ1) is 7.08. The summed E-state index contributed by atoms with van der Waals surface area (Å²) in [6.45, 7) is 4.09. The van der Waals surface area contributed by atoms with Gasteiger partial charge in [-0.25, -0.2) is 0 Å². The fourth-order valence-corrected chi connectivity index (χ4v) is 2.13. The van der Waals surface area contributed by atoms with Gasteiger partial charge < -0.3 is 4.74 Å². The molecular formula is C11H13BrCl2O. The third-order valence-corrected chi connectivity index (χ3v) is 3.23. The standard InChI is InChI=1S/C11H13BrCl2O/c1-3-7(2)15-11-8(6-12)4-9(13)5-10(11)14/h4-5,7H,3,6H2,1-2H3. The Morgan fingerprint density at radius 3 is 2.60 bits per heavy atom. The van der Waals surface area contributed by atoms with Crippen LogP contribution in [0.25, 0.3) is 0 Å². The van der Waals surface area contributed by atoms with E-state index in [2.05, 4.69) is 22.9 Å². The maximum absolute atomic E-state index is 6.08. The van der Waals surface area contributed by atoms with Gasteiger partial charge in [-0.1, -0.05) is 46.1 Å². The number of hydrogen-bond acceptors (Lipinski definition) is 1. The van der Waals surface area contributed by atoms with Crippen molar-refractivity contribution in [2.24, 2.45) is 0 Å². The molecule has 1 rings (SSSR count). The van der Waals surface area contributed by atoms with Crippen molar-refractivity contribution in [3.05, 3.63) is 27.7 Å². The molecule has 1 aromatic rings. The van der Waals surface area contributed by atoms with Gasteiger partial charge in [0.25, 0.3) is 0 Å². The lowest BCUT2D eigenvalue weighted by atomic mass is 10.2. The first-order valence-electron chi connectivity index (χ1n) is 4.79. The topological polar surface area (TPSA) is 9.23 Å². The van der Waals surface area contributed by atoms with Crippen LogP contribution in [0.5, 0.6) is 5.75 Å². The molecule has 4 heteroatoms. The van der Waals surface area contributed by atoms with Crippen LogP contribution in [0.4, 0.5) is 0 Å². The summed E-state index contributed by atoms with van der Waals surface area (Å²) < 4.78 is 5.75. The van der Waals surface area contributed by atoms with Crippen molar-refractivity contribution in [3.8, 4) is 5.75 Å². The Morgan fingerprint density at radius 1 is 1.40 bits per heavy atom. The van der Waals surface area contributed by atoms with Crippen LogP contribution in [0.15, 0.2) is 12.1 Å². The van der Waals surface area contributed by atoms with Crippen LogP contribution in [-0.4, -0.2) is 6.10 Å². The lowest BCUT2D eigenvalue weighted by molar-refractivity contribution is 0.216. The van der Waals surface area contributed by atoms with Gasteiger partial charge in [-0.2, -0.15) is 0 Å². The summed E-state index contributed by atoms with van der Waals surface area (Å²) in [5, 5.41) is 1.88. The number of alkyl halides is 1. The van der Waals surface area contributed by atoms with Crippen LogP contribution in [0.3, 0.4) is 0 Å². The van der Waals surface area contributed by atoms with E-state index in [1.54, 1.807) is 6.07 Å². The summed E-state index contributed by atoms with van der Waals surface area (Å²) >= 11 is 15.4. The summed E-state index contributed by atoms with van der Waals surface area (Å²) in [6, 6.07) is 3.56. The fraction of sp³-hybridized carbons (Fsp3) is 0.455. The molecule has 0 aliphatic carbocycles. The van der Waals surface area contributed by atoms with Gasteiger partial charge in [0, 0.05) is 15.9 Å². The molecule has 0 aliphatic heterocycles. The average Bonchev–Trinajstić information content (AvgIpc) is 2.21. The first kappa shape index (κ1) is 13.1. The molecule has 1 unspecified atom stereocenters. The normalized spacial score (nSPS) is 12.6. The first-order valence-corrected chi connectivity index (χ1v) is 6.66. The van der Waals surface area contributed by atoms with Gasteiger partial charge in [0.1, 0.15) is 5.75 Å². The summed E-state index contributed by atoms with van der Waals surface area (Å²) in [5.74, 6) is 0.729. The van der Waals surface area contributed by atoms with E-state index in [1.165, 1.54) is 0 Å². The maximum Gasteiger partial charge on any atom is 0.142 e. The minimum Gasteiger partial charge on any atom is -0.489 e. The van der Waals surface area contributed by atoms with Crippen molar-refractivity contribution in [1.82, 2.24) is 0 Å². The Hall–Kier alpha value is 0.0800. The highest BCUT2D eigenvalue weighted by Crippen LogP contribution is 2.34. The molecule has 0 aliphatic rings. The van der Waals surface area contributed by atoms with E-state index < -0.39 is 0 Å². The number of halogens is 3. The monoisotopic (exact) mass is 310 g/mol. The Labute approximate surface area is 109 Å². The number of ether oxygens (including phenoxy) is 1. The summed E-state index contributed by atoms with van der Waals surface area (Å²) in [6.07, 6.45) is 1.10. The maximum atomic E-state index is 6.08. The molecule has 0 N–H and O–H groups in total. The largest absolute Gasteiger partial charge is 0.489 e. The molecule has 0 saturated heterocycles. The van der Waals surface area contributed by atoms with Crippen LogP contribution in [-0.2, 0) is 5.33 Å². The van der Waals surface area contributed by atoms with Crippen molar-refractivity contribution in [3.63, 3.8) is 0 Å². The molecule has 15 heavy (non-hydrogen) atoms. The van der Waals surface area contributed by atoms with Crippen LogP contribution in [0, 0.1) is 0 Å². The summed E-state index contributed by atoms with van der Waals surface area (Å²) in [7, 11) is 0. The second-order valence-corrected chi connectivity index (χ2v) is 4.75. The van der Waals surface area contributed by atoms with Crippen molar-refractivity contribution < 1.29 is 4.74 Å². The van der Waals surface area contributed by atoms with Crippen LogP contribution in [0.2, 0.25) is 10.0 Å². The predicted molar refractivity (Wildman–Crippen MR) is 69.5 cm³/mol. The van der Waals surface area contributed by atoms with E-state index in [0.717, 1.165) is 17.7 Å². The van der Waals surface area contributed by atoms with Gasteiger partial charge in [0.05, 0.1) is 11.1 Å². The molecule has 0 saturated carbocycles. The molecule has 0 fully saturated rings. The average molecular weight is 312 g/mol. The predicted octanol–water partition coefficient (Wildman–Crippen LogP) is 5.07. The quantitative estimate of drug-likeness (QED) is 0.706. The van der Waals surface area contributed by atoms with Gasteiger partial charge in [-0.15, -0.1) is 0 Å². The molecule has 0 amide bonds. The minimum absolute atomic E-state index is 0.154. The van der Waals surface area contributed by atoms with E-state index in [1.807, 2.05) is 13.0 Å². The number of rotatable bonds is 4. The van der Waals surface area contributed by atoms with Gasteiger partial charge in [0.2, 0.25) is 0 Å². The molecule has 0 aromatic heterocycles. The second-order valence-electron chi connectivity index (χ2n) is 3.35. The number of hydrogen-bond donors (Lipinski definition) is 0. The van der Waals surface area contributed by atoms with Crippen molar-refractivity contribution in [2.45, 2.75) is 31.7 Å². The Kier molecular flexibility index (Phi) is 5.24. The Balaban J connectivity index is 3.04. The lowest BCUT2D eigenvalue weighted by Crippen LogP contribution is -2.11. The van der Waals surface area contributed by atoms with E-state index in [-0.39, 0.29) is 6.10 Å². The molecule has 0 heterocycles. The molecular weight excluding hydrogens is 299 g/mol. The van der Waals surface area contributed by atoms with Crippen molar-refractivity contribution in [2.75, 3.05) is 0 Å².